The first-order valence-electron chi connectivity index (χ1n) is 11.0. The molecule has 0 N–H and O–H groups in total. The highest BCUT2D eigenvalue weighted by Gasteiger charge is 2.08. The third kappa shape index (κ3) is 5.54. The summed E-state index contributed by atoms with van der Waals surface area (Å²) in [5.41, 5.74) is 3.80. The number of likely N-dealkylation sites (N-methyl/N-ethyl adjacent to an activating group) is 1. The van der Waals surface area contributed by atoms with E-state index in [-0.39, 0.29) is 5.69 Å². The highest BCUT2D eigenvalue weighted by Crippen LogP contribution is 2.18. The quantitative estimate of drug-likeness (QED) is 0.383. The van der Waals surface area contributed by atoms with Crippen molar-refractivity contribution in [1.82, 2.24) is 14.0 Å². The molecule has 0 unspecified atom stereocenters. The predicted octanol–water partition coefficient (Wildman–Crippen LogP) is 4.46. The van der Waals surface area contributed by atoms with Crippen molar-refractivity contribution < 1.29 is 9.47 Å². The van der Waals surface area contributed by atoms with Crippen molar-refractivity contribution in [3.05, 3.63) is 107 Å². The molecule has 0 aliphatic carbocycles. The van der Waals surface area contributed by atoms with Gasteiger partial charge < -0.3 is 14.4 Å². The van der Waals surface area contributed by atoms with Crippen LogP contribution in [0.15, 0.2) is 90.0 Å². The minimum atomic E-state index is -0.134. The maximum atomic E-state index is 13.0. The lowest BCUT2D eigenvalue weighted by molar-refractivity contribution is 0.261. The first-order valence-corrected chi connectivity index (χ1v) is 11.0. The minimum absolute atomic E-state index is 0.134. The van der Waals surface area contributed by atoms with Gasteiger partial charge >= 0.3 is 5.69 Å². The number of benzene rings is 3. The van der Waals surface area contributed by atoms with E-state index in [1.165, 1.54) is 5.56 Å². The number of ether oxygens (including phenoxy) is 2. The van der Waals surface area contributed by atoms with Gasteiger partial charge in [0.15, 0.2) is 0 Å². The third-order valence-corrected chi connectivity index (χ3v) is 5.47. The Labute approximate surface area is 194 Å². The van der Waals surface area contributed by atoms with E-state index in [0.29, 0.717) is 13.2 Å². The highest BCUT2D eigenvalue weighted by molar-refractivity contribution is 5.40. The Bertz CT molecular complexity index is 1240. The number of aromatic nitrogens is 2. The van der Waals surface area contributed by atoms with Gasteiger partial charge in [-0.15, -0.1) is 0 Å². The zero-order valence-corrected chi connectivity index (χ0v) is 19.3. The second-order valence-electron chi connectivity index (χ2n) is 8.18. The molecule has 3 aromatic carbocycles. The molecule has 0 aliphatic heterocycles. The van der Waals surface area contributed by atoms with Gasteiger partial charge in [0.1, 0.15) is 24.7 Å². The van der Waals surface area contributed by atoms with Crippen LogP contribution in [0, 0.1) is 6.92 Å². The van der Waals surface area contributed by atoms with Crippen molar-refractivity contribution in [2.75, 3.05) is 27.2 Å². The van der Waals surface area contributed by atoms with Crippen molar-refractivity contribution in [1.29, 1.82) is 0 Å². The van der Waals surface area contributed by atoms with E-state index < -0.39 is 0 Å². The molecular formula is C27H29N3O3. The predicted molar refractivity (Wildman–Crippen MR) is 131 cm³/mol. The van der Waals surface area contributed by atoms with Gasteiger partial charge in [-0.1, -0.05) is 24.3 Å². The summed E-state index contributed by atoms with van der Waals surface area (Å²) in [5, 5.41) is 0. The molecule has 0 radical (unpaired) electrons. The van der Waals surface area contributed by atoms with E-state index in [1.807, 2.05) is 74.8 Å². The Morgan fingerprint density at radius 3 is 1.85 bits per heavy atom. The Balaban J connectivity index is 1.43. The molecule has 0 saturated heterocycles. The number of imidazole rings is 1. The van der Waals surface area contributed by atoms with Gasteiger partial charge in [0.05, 0.1) is 11.4 Å². The lowest BCUT2D eigenvalue weighted by atomic mass is 10.1. The summed E-state index contributed by atoms with van der Waals surface area (Å²) in [6.45, 7) is 4.05. The van der Waals surface area contributed by atoms with Crippen LogP contribution in [-0.2, 0) is 6.61 Å². The Morgan fingerprint density at radius 1 is 0.758 bits per heavy atom. The molecule has 0 bridgehead atoms. The van der Waals surface area contributed by atoms with E-state index in [1.54, 1.807) is 21.5 Å². The molecule has 0 aliphatic rings. The fourth-order valence-corrected chi connectivity index (χ4v) is 3.46. The Kier molecular flexibility index (Phi) is 6.95. The maximum Gasteiger partial charge on any atom is 0.337 e. The summed E-state index contributed by atoms with van der Waals surface area (Å²) >= 11 is 0. The average Bonchev–Trinajstić information content (AvgIpc) is 3.20. The Morgan fingerprint density at radius 2 is 1.30 bits per heavy atom. The molecule has 1 aromatic heterocycles. The summed E-state index contributed by atoms with van der Waals surface area (Å²) in [6, 6.07) is 23.3. The molecule has 0 atom stereocenters. The molecule has 6 nitrogen and oxygen atoms in total. The SMILES string of the molecule is Cc1ccccc1COc1ccc(-n2ccn(-c3ccc(OCCN(C)C)cc3)c2=O)cc1. The van der Waals surface area contributed by atoms with E-state index in [4.69, 9.17) is 9.47 Å². The van der Waals surface area contributed by atoms with Gasteiger partial charge in [0.25, 0.3) is 0 Å². The molecule has 6 heteroatoms. The van der Waals surface area contributed by atoms with Crippen LogP contribution < -0.4 is 15.2 Å². The average molecular weight is 444 g/mol. The molecule has 0 fully saturated rings. The molecule has 1 heterocycles. The van der Waals surface area contributed by atoms with Crippen LogP contribution in [-0.4, -0.2) is 41.3 Å². The molecule has 4 aromatic rings. The van der Waals surface area contributed by atoms with Crippen LogP contribution in [0.4, 0.5) is 0 Å². The van der Waals surface area contributed by atoms with Crippen molar-refractivity contribution in [3.8, 4) is 22.9 Å². The Hall–Kier alpha value is -3.77. The van der Waals surface area contributed by atoms with Crippen molar-refractivity contribution in [3.63, 3.8) is 0 Å². The van der Waals surface area contributed by atoms with Crippen molar-refractivity contribution in [2.45, 2.75) is 13.5 Å². The monoisotopic (exact) mass is 443 g/mol. The van der Waals surface area contributed by atoms with Gasteiger partial charge in [-0.25, -0.2) is 4.79 Å². The summed E-state index contributed by atoms with van der Waals surface area (Å²) in [7, 11) is 4.02. The molecule has 0 spiro atoms. The van der Waals surface area contributed by atoms with Crippen LogP contribution in [0.1, 0.15) is 11.1 Å². The standard InChI is InChI=1S/C27H29N3O3/c1-21-6-4-5-7-22(21)20-33-26-14-10-24(11-15-26)30-17-16-29(27(30)31)23-8-12-25(13-9-23)32-19-18-28(2)3/h4-17H,18-20H2,1-3H3. The van der Waals surface area contributed by atoms with E-state index in [0.717, 1.165) is 35.0 Å². The van der Waals surface area contributed by atoms with Crippen LogP contribution in [0.5, 0.6) is 11.5 Å². The number of hydrogen-bond acceptors (Lipinski definition) is 4. The van der Waals surface area contributed by atoms with Crippen LogP contribution >= 0.6 is 0 Å². The summed E-state index contributed by atoms with van der Waals surface area (Å²) in [4.78, 5) is 15.1. The van der Waals surface area contributed by atoms with Crippen molar-refractivity contribution >= 4 is 0 Å². The highest BCUT2D eigenvalue weighted by atomic mass is 16.5. The van der Waals surface area contributed by atoms with E-state index in [9.17, 15) is 4.79 Å². The van der Waals surface area contributed by atoms with Crippen molar-refractivity contribution in [2.24, 2.45) is 0 Å². The van der Waals surface area contributed by atoms with Gasteiger partial charge in [-0.2, -0.15) is 0 Å². The van der Waals surface area contributed by atoms with Crippen LogP contribution in [0.3, 0.4) is 0 Å². The zero-order valence-electron chi connectivity index (χ0n) is 19.3. The fraction of sp³-hybridized carbons (Fsp3) is 0.222. The number of aryl methyl sites for hydroxylation is 1. The number of hydrogen-bond donors (Lipinski definition) is 0. The molecule has 170 valence electrons. The van der Waals surface area contributed by atoms with Crippen LogP contribution in [0.2, 0.25) is 0 Å². The van der Waals surface area contributed by atoms with Gasteiger partial charge in [0.2, 0.25) is 0 Å². The van der Waals surface area contributed by atoms with Gasteiger partial charge in [-0.3, -0.25) is 9.13 Å². The second kappa shape index (κ2) is 10.2. The molecular weight excluding hydrogens is 414 g/mol. The summed E-state index contributed by atoms with van der Waals surface area (Å²) in [6.07, 6.45) is 3.54. The molecule has 33 heavy (non-hydrogen) atoms. The minimum Gasteiger partial charge on any atom is -0.492 e. The van der Waals surface area contributed by atoms with E-state index in [2.05, 4.69) is 24.0 Å². The number of nitrogens with zero attached hydrogens (tertiary/aromatic N) is 3. The molecule has 4 rings (SSSR count). The lowest BCUT2D eigenvalue weighted by Crippen LogP contribution is -2.21. The van der Waals surface area contributed by atoms with Crippen LogP contribution in [0.25, 0.3) is 11.4 Å². The first-order chi connectivity index (χ1) is 16.0. The van der Waals surface area contributed by atoms with Gasteiger partial charge in [-0.05, 0) is 80.7 Å². The lowest BCUT2D eigenvalue weighted by Gasteiger charge is -2.11. The topological polar surface area (TPSA) is 48.6 Å². The fourth-order valence-electron chi connectivity index (χ4n) is 3.46. The first kappa shape index (κ1) is 22.4. The summed E-state index contributed by atoms with van der Waals surface area (Å²) in [5.74, 6) is 1.55. The number of rotatable bonds is 9. The maximum absolute atomic E-state index is 13.0. The smallest absolute Gasteiger partial charge is 0.337 e. The van der Waals surface area contributed by atoms with E-state index >= 15 is 0 Å². The molecule has 0 saturated carbocycles. The largest absolute Gasteiger partial charge is 0.492 e. The van der Waals surface area contributed by atoms with Gasteiger partial charge in [0, 0.05) is 18.9 Å². The zero-order chi connectivity index (χ0) is 23.2. The second-order valence-corrected chi connectivity index (χ2v) is 8.18. The normalized spacial score (nSPS) is 11.0. The molecule has 0 amide bonds. The summed E-state index contributed by atoms with van der Waals surface area (Å²) < 4.78 is 14.9. The third-order valence-electron chi connectivity index (χ3n) is 5.47.